The Morgan fingerprint density at radius 1 is 0.474 bits per heavy atom. The minimum atomic E-state index is -0.347. The maximum absolute atomic E-state index is 13.0. The van der Waals surface area contributed by atoms with Crippen molar-refractivity contribution in [2.45, 2.75) is 25.2 Å². The number of amides is 3. The minimum Gasteiger partial charge on any atom is -0.484 e. The molecule has 0 aromatic carbocycles. The highest BCUT2D eigenvalue weighted by molar-refractivity contribution is 6.06. The van der Waals surface area contributed by atoms with Crippen molar-refractivity contribution in [2.24, 2.45) is 21.1 Å². The Kier molecular flexibility index (Phi) is 18.2. The molecule has 0 radical (unpaired) electrons. The third-order valence-electron chi connectivity index (χ3n) is 14.6. The Balaban J connectivity index is 0.000000129. The molecule has 478 valence electrons. The number of carbonyl (C=O) groups excluding carboxylic acids is 3. The SMILES string of the molecule is Cc1cncc(-c2cccc(C(=O)Nc3cn(C)nc3-c3ccc(OC4COC4)cn3)n2)c1.Cn1cc(NC(=O)c2cccc(-c3ccn[nH]3)n2)c(-c2ccc(OC3COC3)cn2)n1.Cn1cc(NC(=O)c2cccc(-c3cn[nH]c3)n2)c(-c2ccc(OC3COC3)cn2)n1. The molecule has 12 aromatic heterocycles. The van der Waals surface area contributed by atoms with E-state index in [-0.39, 0.29) is 47.4 Å². The van der Waals surface area contributed by atoms with E-state index in [1.165, 1.54) is 0 Å². The van der Waals surface area contributed by atoms with Gasteiger partial charge in [0.1, 0.15) is 69.7 Å². The molecule has 95 heavy (non-hydrogen) atoms. The van der Waals surface area contributed by atoms with Gasteiger partial charge in [-0.3, -0.25) is 58.6 Å². The molecule has 15 rings (SSSR count). The van der Waals surface area contributed by atoms with Crippen LogP contribution in [-0.4, -0.2) is 160 Å². The van der Waals surface area contributed by atoms with Crippen LogP contribution in [0.5, 0.6) is 17.2 Å². The van der Waals surface area contributed by atoms with Crippen LogP contribution in [0.4, 0.5) is 17.1 Å². The summed E-state index contributed by atoms with van der Waals surface area (Å²) < 4.78 is 37.5. The van der Waals surface area contributed by atoms with Crippen molar-refractivity contribution < 1.29 is 42.8 Å². The van der Waals surface area contributed by atoms with E-state index in [1.54, 1.807) is 146 Å². The first kappa shape index (κ1) is 61.6. The summed E-state index contributed by atoms with van der Waals surface area (Å²) in [5.74, 6) is 0.971. The fraction of sp³-hybridized carbons (Fsp3) is 0.197. The molecule has 12 aromatic rings. The number of anilines is 3. The molecule has 0 aliphatic carbocycles. The predicted octanol–water partition coefficient (Wildman–Crippen LogP) is 7.87. The van der Waals surface area contributed by atoms with Crippen LogP contribution >= 0.6 is 0 Å². The molecule has 0 saturated carbocycles. The van der Waals surface area contributed by atoms with Crippen LogP contribution in [0.1, 0.15) is 37.0 Å². The van der Waals surface area contributed by atoms with E-state index < -0.39 is 0 Å². The third-order valence-corrected chi connectivity index (χ3v) is 14.6. The molecule has 0 atom stereocenters. The van der Waals surface area contributed by atoms with Gasteiger partial charge in [-0.2, -0.15) is 25.5 Å². The summed E-state index contributed by atoms with van der Waals surface area (Å²) in [5, 5.41) is 35.5. The van der Waals surface area contributed by atoms with Crippen LogP contribution in [-0.2, 0) is 35.4 Å². The highest BCUT2D eigenvalue weighted by atomic mass is 16.6. The fourth-order valence-electron chi connectivity index (χ4n) is 9.70. The average Bonchev–Trinajstić information content (AvgIpc) is 1.51. The van der Waals surface area contributed by atoms with Crippen LogP contribution in [0.2, 0.25) is 0 Å². The van der Waals surface area contributed by atoms with Crippen molar-refractivity contribution in [3.8, 4) is 85.3 Å². The van der Waals surface area contributed by atoms with Gasteiger partial charge in [-0.15, -0.1) is 0 Å². The second kappa shape index (κ2) is 28.1. The Hall–Kier alpha value is -12.2. The lowest BCUT2D eigenvalue weighted by Crippen LogP contribution is -2.38. The lowest BCUT2D eigenvalue weighted by Gasteiger charge is -2.26. The fourth-order valence-corrected chi connectivity index (χ4v) is 9.70. The standard InChI is InChI=1S/C24H22N6O3.2C21H19N7O3/c1-15-8-16(10-25-9-15)19-4-3-5-21(27-19)24(31)28-22-12-30(2)29-23(22)20-7-6-17(11-26-20)33-18-13-32-14-18;1-28-10-19(20(27-28)17-6-5-14(9-22-17)31-15-11-30-12-15)26-21(29)18-4-2-3-16(25-18)13-7-23-24-8-13;1-28-10-19(20(27-28)17-6-5-13(9-22-17)31-14-11-30-12-14)25-21(29)18-4-2-3-15(24-18)16-7-8-23-26-16/h3-12,18H,13-14H2,1-2H3,(H,28,31);2-10,15H,11-12H2,1H3,(H,23,24)(H,26,29);2-10,14H,11-12H2,1H3,(H,23,26)(H,25,29). The predicted molar refractivity (Wildman–Crippen MR) is 345 cm³/mol. The number of hydrogen-bond donors (Lipinski definition) is 5. The number of H-pyrrole nitrogens is 2. The first-order chi connectivity index (χ1) is 46.4. The van der Waals surface area contributed by atoms with Crippen molar-refractivity contribution in [2.75, 3.05) is 55.6 Å². The zero-order valence-corrected chi connectivity index (χ0v) is 51.5. The smallest absolute Gasteiger partial charge is 0.274 e. The van der Waals surface area contributed by atoms with Crippen LogP contribution in [0.15, 0.2) is 171 Å². The van der Waals surface area contributed by atoms with Crippen molar-refractivity contribution >= 4 is 34.8 Å². The number of ether oxygens (including phenoxy) is 6. The highest BCUT2D eigenvalue weighted by Gasteiger charge is 2.25. The third kappa shape index (κ3) is 15.1. The highest BCUT2D eigenvalue weighted by Crippen LogP contribution is 2.31. The summed E-state index contributed by atoms with van der Waals surface area (Å²) in [6.45, 7) is 5.51. The summed E-state index contributed by atoms with van der Waals surface area (Å²) in [5.41, 5.74) is 11.4. The summed E-state index contributed by atoms with van der Waals surface area (Å²) >= 11 is 0. The number of hydrogen-bond acceptors (Lipinski definition) is 21. The van der Waals surface area contributed by atoms with E-state index in [2.05, 4.69) is 86.5 Å². The van der Waals surface area contributed by atoms with Crippen LogP contribution in [0.25, 0.3) is 68.1 Å². The Labute approximate surface area is 541 Å². The van der Waals surface area contributed by atoms with Gasteiger partial charge in [0.15, 0.2) is 0 Å². The number of aromatic amines is 2. The number of aromatic nitrogens is 17. The van der Waals surface area contributed by atoms with Crippen molar-refractivity contribution in [3.63, 3.8) is 0 Å². The monoisotopic (exact) mass is 1280 g/mol. The molecule has 5 N–H and O–H groups in total. The summed E-state index contributed by atoms with van der Waals surface area (Å²) in [7, 11) is 5.35. The molecule has 3 aliphatic rings. The molecule has 0 spiro atoms. The average molecular weight is 1280 g/mol. The zero-order chi connectivity index (χ0) is 65.2. The number of nitrogens with zero attached hydrogens (tertiary/aromatic N) is 15. The van der Waals surface area contributed by atoms with Crippen molar-refractivity contribution in [3.05, 3.63) is 194 Å². The Bertz CT molecular complexity index is 4430. The number of carbonyl (C=O) groups is 3. The minimum absolute atomic E-state index is 0.0706. The normalized spacial score (nSPS) is 13.5. The Morgan fingerprint density at radius 2 is 0.895 bits per heavy atom. The first-order valence-corrected chi connectivity index (χ1v) is 29.9. The molecule has 3 fully saturated rings. The van der Waals surface area contributed by atoms with Gasteiger partial charge in [0, 0.05) is 75.6 Å². The number of aryl methyl sites for hydroxylation is 4. The van der Waals surface area contributed by atoms with Gasteiger partial charge < -0.3 is 44.4 Å². The number of rotatable bonds is 18. The summed E-state index contributed by atoms with van der Waals surface area (Å²) in [4.78, 5) is 69.6. The number of pyridine rings is 7. The molecule has 29 nitrogen and oxygen atoms in total. The van der Waals surface area contributed by atoms with Gasteiger partial charge >= 0.3 is 0 Å². The number of nitrogens with one attached hydrogen (secondary N) is 5. The van der Waals surface area contributed by atoms with E-state index in [9.17, 15) is 14.4 Å². The lowest BCUT2D eigenvalue weighted by molar-refractivity contribution is -0.0797. The van der Waals surface area contributed by atoms with Crippen LogP contribution in [0.3, 0.4) is 0 Å². The maximum atomic E-state index is 13.0. The van der Waals surface area contributed by atoms with Gasteiger partial charge in [0.2, 0.25) is 0 Å². The van der Waals surface area contributed by atoms with E-state index in [1.807, 2.05) is 67.6 Å². The molecule has 3 aliphatic heterocycles. The topological polar surface area (TPSA) is 344 Å². The van der Waals surface area contributed by atoms with Gasteiger partial charge in [-0.25, -0.2) is 15.0 Å². The van der Waals surface area contributed by atoms with Crippen molar-refractivity contribution in [1.29, 1.82) is 0 Å². The molecular weight excluding hydrogens is 1220 g/mol. The van der Waals surface area contributed by atoms with Crippen LogP contribution < -0.4 is 30.2 Å². The van der Waals surface area contributed by atoms with Crippen LogP contribution in [0, 0.1) is 6.92 Å². The Morgan fingerprint density at radius 3 is 1.25 bits per heavy atom. The van der Waals surface area contributed by atoms with Gasteiger partial charge in [0.25, 0.3) is 17.7 Å². The molecule has 15 heterocycles. The van der Waals surface area contributed by atoms with Gasteiger partial charge in [-0.05, 0) is 97.4 Å². The first-order valence-electron chi connectivity index (χ1n) is 29.9. The maximum Gasteiger partial charge on any atom is 0.274 e. The second-order valence-electron chi connectivity index (χ2n) is 22.0. The van der Waals surface area contributed by atoms with E-state index in [0.29, 0.717) is 131 Å². The molecule has 3 amide bonds. The molecule has 0 bridgehead atoms. The second-order valence-corrected chi connectivity index (χ2v) is 22.0. The largest absolute Gasteiger partial charge is 0.484 e. The summed E-state index contributed by atoms with van der Waals surface area (Å²) in [6, 6.07) is 30.5. The van der Waals surface area contributed by atoms with Crippen molar-refractivity contribution in [1.82, 2.24) is 84.6 Å². The van der Waals surface area contributed by atoms with E-state index in [0.717, 1.165) is 22.4 Å². The quantitative estimate of drug-likeness (QED) is 0.0545. The lowest BCUT2D eigenvalue weighted by atomic mass is 10.1. The van der Waals surface area contributed by atoms with E-state index >= 15 is 0 Å². The molecular formula is C66H60N20O9. The zero-order valence-electron chi connectivity index (χ0n) is 51.5. The molecule has 3 saturated heterocycles. The van der Waals surface area contributed by atoms with Gasteiger partial charge in [0.05, 0.1) is 121 Å². The molecule has 0 unspecified atom stereocenters. The molecule has 29 heteroatoms. The van der Waals surface area contributed by atoms with E-state index in [4.69, 9.17) is 28.4 Å². The van der Waals surface area contributed by atoms with Gasteiger partial charge in [-0.1, -0.05) is 18.2 Å². The summed E-state index contributed by atoms with van der Waals surface area (Å²) in [6.07, 6.45) is 18.9.